The lowest BCUT2D eigenvalue weighted by Gasteiger charge is -2.08. The van der Waals surface area contributed by atoms with Crippen LogP contribution in [0.15, 0.2) is 64.7 Å². The van der Waals surface area contributed by atoms with E-state index in [9.17, 15) is 13.0 Å². The van der Waals surface area contributed by atoms with Gasteiger partial charge in [-0.05, 0) is 35.4 Å². The molecule has 0 aliphatic rings. The summed E-state index contributed by atoms with van der Waals surface area (Å²) in [6.07, 6.45) is 3.00. The number of para-hydroxylation sites is 1. The van der Waals surface area contributed by atoms with Crippen LogP contribution >= 0.6 is 0 Å². The van der Waals surface area contributed by atoms with Gasteiger partial charge in [0.15, 0.2) is 0 Å². The zero-order valence-corrected chi connectivity index (χ0v) is 15.3. The van der Waals surface area contributed by atoms with Crippen LogP contribution in [0.25, 0.3) is 12.2 Å². The van der Waals surface area contributed by atoms with Crippen LogP contribution in [0.2, 0.25) is 0 Å². The molecule has 0 aliphatic carbocycles. The smallest absolute Gasteiger partial charge is 0.296 e. The average Bonchev–Trinajstić information content (AvgIpc) is 2.66. The first-order valence-electron chi connectivity index (χ1n) is 7.30. The largest absolute Gasteiger partial charge is 0.494 e. The van der Waals surface area contributed by atoms with Crippen LogP contribution in [0.3, 0.4) is 0 Å². The van der Waals surface area contributed by atoms with Crippen molar-refractivity contribution in [3.63, 3.8) is 0 Å². The molecule has 8 heteroatoms. The number of benzene rings is 2. The maximum Gasteiger partial charge on any atom is 0.296 e. The Morgan fingerprint density at radius 2 is 1.54 bits per heavy atom. The Labute approximate surface area is 152 Å². The molecular formula is C18H20N2O5S. The summed E-state index contributed by atoms with van der Waals surface area (Å²) in [5.74, 6) is 0.487. The van der Waals surface area contributed by atoms with Crippen molar-refractivity contribution in [1.82, 2.24) is 0 Å². The quantitative estimate of drug-likeness (QED) is 0.578. The molecule has 0 aliphatic heterocycles. The Morgan fingerprint density at radius 3 is 2.08 bits per heavy atom. The summed E-state index contributed by atoms with van der Waals surface area (Å²) in [5.41, 5.74) is 1.54. The van der Waals surface area contributed by atoms with Gasteiger partial charge in [-0.1, -0.05) is 37.4 Å². The summed E-state index contributed by atoms with van der Waals surface area (Å²) in [6.45, 7) is 7.28. The van der Waals surface area contributed by atoms with E-state index in [0.717, 1.165) is 7.11 Å². The maximum atomic E-state index is 11.6. The minimum atomic E-state index is -4.48. The number of rotatable bonds is 6. The Balaban J connectivity index is 0.00000163. The molecule has 0 atom stereocenters. The van der Waals surface area contributed by atoms with E-state index in [2.05, 4.69) is 23.4 Å². The van der Waals surface area contributed by atoms with Crippen LogP contribution in [0.1, 0.15) is 11.1 Å². The van der Waals surface area contributed by atoms with Crippen LogP contribution in [-0.4, -0.2) is 32.3 Å². The second kappa shape index (κ2) is 9.62. The van der Waals surface area contributed by atoms with Gasteiger partial charge in [0.25, 0.3) is 10.1 Å². The fourth-order valence-electron chi connectivity index (χ4n) is 2.06. The molecule has 0 heterocycles. The molecular weight excluding hydrogens is 356 g/mol. The third-order valence-corrected chi connectivity index (χ3v) is 4.12. The highest BCUT2D eigenvalue weighted by Gasteiger charge is 2.18. The van der Waals surface area contributed by atoms with E-state index >= 15 is 0 Å². The van der Waals surface area contributed by atoms with E-state index in [0.29, 0.717) is 22.6 Å². The fraction of sp³-hybridized carbons (Fsp3) is 0.111. The van der Waals surface area contributed by atoms with E-state index in [1.54, 1.807) is 24.3 Å². The molecule has 0 saturated carbocycles. The number of nitrogens with zero attached hydrogens (tertiary/aromatic N) is 2. The lowest BCUT2D eigenvalue weighted by atomic mass is 10.1. The SMILES string of the molecule is C=Cc1cc(N=Nc2ccccc2OC)c(S(=O)(=O)O)cc1C=C.CO. The van der Waals surface area contributed by atoms with Gasteiger partial charge in [-0.3, -0.25) is 4.55 Å². The van der Waals surface area contributed by atoms with E-state index in [4.69, 9.17) is 9.84 Å². The predicted molar refractivity (Wildman–Crippen MR) is 102 cm³/mol. The molecule has 0 spiro atoms. The lowest BCUT2D eigenvalue weighted by molar-refractivity contribution is 0.399. The van der Waals surface area contributed by atoms with Gasteiger partial charge in [0.2, 0.25) is 0 Å². The van der Waals surface area contributed by atoms with Crippen LogP contribution in [0.5, 0.6) is 5.75 Å². The Hall–Kier alpha value is -2.81. The molecule has 2 rings (SSSR count). The molecule has 7 nitrogen and oxygen atoms in total. The van der Waals surface area contributed by atoms with Gasteiger partial charge < -0.3 is 9.84 Å². The molecule has 26 heavy (non-hydrogen) atoms. The monoisotopic (exact) mass is 376 g/mol. The van der Waals surface area contributed by atoms with Crippen LogP contribution in [0.4, 0.5) is 11.4 Å². The average molecular weight is 376 g/mol. The van der Waals surface area contributed by atoms with Crippen molar-refractivity contribution in [2.45, 2.75) is 4.90 Å². The summed E-state index contributed by atoms with van der Waals surface area (Å²) in [5, 5.41) is 15.0. The van der Waals surface area contributed by atoms with Crippen molar-refractivity contribution < 1.29 is 22.8 Å². The second-order valence-corrected chi connectivity index (χ2v) is 6.09. The highest BCUT2D eigenvalue weighted by molar-refractivity contribution is 7.86. The van der Waals surface area contributed by atoms with Crippen LogP contribution < -0.4 is 4.74 Å². The van der Waals surface area contributed by atoms with Crippen LogP contribution in [-0.2, 0) is 10.1 Å². The minimum Gasteiger partial charge on any atom is -0.494 e. The van der Waals surface area contributed by atoms with Crippen molar-refractivity contribution in [1.29, 1.82) is 0 Å². The third kappa shape index (κ3) is 5.09. The highest BCUT2D eigenvalue weighted by Crippen LogP contribution is 2.33. The molecule has 2 N–H and O–H groups in total. The summed E-state index contributed by atoms with van der Waals surface area (Å²) < 4.78 is 37.8. The maximum absolute atomic E-state index is 11.6. The zero-order valence-electron chi connectivity index (χ0n) is 14.5. The van der Waals surface area contributed by atoms with Crippen molar-refractivity contribution in [3.8, 4) is 5.75 Å². The number of aliphatic hydroxyl groups excluding tert-OH is 1. The Bertz CT molecular complexity index is 921. The first-order chi connectivity index (χ1) is 12.4. The molecule has 0 fully saturated rings. The molecule has 2 aromatic rings. The van der Waals surface area contributed by atoms with Gasteiger partial charge in [-0.25, -0.2) is 0 Å². The fourth-order valence-corrected chi connectivity index (χ4v) is 2.70. The third-order valence-electron chi connectivity index (χ3n) is 3.23. The summed E-state index contributed by atoms with van der Waals surface area (Å²) in [7, 11) is -1.99. The normalized spacial score (nSPS) is 10.8. The van der Waals surface area contributed by atoms with Gasteiger partial charge in [-0.2, -0.15) is 8.42 Å². The Kier molecular flexibility index (Phi) is 7.85. The van der Waals surface area contributed by atoms with E-state index in [1.165, 1.54) is 31.4 Å². The van der Waals surface area contributed by atoms with E-state index in [-0.39, 0.29) is 10.6 Å². The standard InChI is InChI=1S/C17H16N2O4S.CH4O/c1-4-12-10-15(17(24(20,21)22)11-13(12)5-2)19-18-14-8-6-7-9-16(14)23-3;1-2/h4-11H,1-2H2,3H3,(H,20,21,22);2H,1H3. The zero-order chi connectivity index (χ0) is 19.7. The number of azo groups is 1. The Morgan fingerprint density at radius 1 is 1.00 bits per heavy atom. The number of ether oxygens (including phenoxy) is 1. The minimum absolute atomic E-state index is 0.0103. The van der Waals surface area contributed by atoms with Crippen molar-refractivity contribution in [3.05, 3.63) is 60.7 Å². The molecule has 0 amide bonds. The summed E-state index contributed by atoms with van der Waals surface area (Å²) in [6, 6.07) is 9.63. The molecule has 0 bridgehead atoms. The summed E-state index contributed by atoms with van der Waals surface area (Å²) in [4.78, 5) is -0.360. The van der Waals surface area contributed by atoms with Gasteiger partial charge in [0.05, 0.1) is 7.11 Å². The highest BCUT2D eigenvalue weighted by atomic mass is 32.2. The van der Waals surface area contributed by atoms with Gasteiger partial charge in [-0.15, -0.1) is 10.2 Å². The molecule has 0 saturated heterocycles. The van der Waals surface area contributed by atoms with Gasteiger partial charge in [0.1, 0.15) is 22.0 Å². The van der Waals surface area contributed by atoms with Crippen LogP contribution in [0, 0.1) is 0 Å². The molecule has 2 aromatic carbocycles. The molecule has 138 valence electrons. The topological polar surface area (TPSA) is 109 Å². The summed E-state index contributed by atoms with van der Waals surface area (Å²) >= 11 is 0. The van der Waals surface area contributed by atoms with Gasteiger partial charge >= 0.3 is 0 Å². The van der Waals surface area contributed by atoms with E-state index in [1.807, 2.05) is 0 Å². The number of aliphatic hydroxyl groups is 1. The molecule has 0 radical (unpaired) electrons. The van der Waals surface area contributed by atoms with Crippen molar-refractivity contribution >= 4 is 33.6 Å². The number of methoxy groups -OCH3 is 1. The first-order valence-corrected chi connectivity index (χ1v) is 8.74. The van der Waals surface area contributed by atoms with Crippen molar-refractivity contribution in [2.24, 2.45) is 10.2 Å². The molecule has 0 unspecified atom stereocenters. The second-order valence-electron chi connectivity index (χ2n) is 4.70. The van der Waals surface area contributed by atoms with Crippen molar-refractivity contribution in [2.75, 3.05) is 14.2 Å². The lowest BCUT2D eigenvalue weighted by Crippen LogP contribution is -2.00. The number of hydrogen-bond acceptors (Lipinski definition) is 6. The first kappa shape index (κ1) is 21.2. The number of hydrogen-bond donors (Lipinski definition) is 2. The van der Waals surface area contributed by atoms with Gasteiger partial charge in [0, 0.05) is 7.11 Å². The van der Waals surface area contributed by atoms with E-state index < -0.39 is 10.1 Å². The molecule has 0 aromatic heterocycles. The predicted octanol–water partition coefficient (Wildman–Crippen LogP) is 4.25.